The number of unbranched alkanes of at least 4 members (excludes halogenated alkanes) is 2. The zero-order chi connectivity index (χ0) is 8.36. The Morgan fingerprint density at radius 3 is 2.91 bits per heavy atom. The van der Waals surface area contributed by atoms with Crippen LogP contribution < -0.4 is 5.32 Å². The second kappa shape index (κ2) is 8.95. The fourth-order valence-electron chi connectivity index (χ4n) is 0.634. The van der Waals surface area contributed by atoms with Crippen molar-refractivity contribution in [2.45, 2.75) is 26.2 Å². The largest absolute Gasteiger partial charge is 0.324 e. The van der Waals surface area contributed by atoms with Crippen molar-refractivity contribution in [2.24, 2.45) is 0 Å². The molecule has 1 N–H and O–H groups in total. The first-order valence-corrected chi connectivity index (χ1v) is 3.86. The van der Waals surface area contributed by atoms with E-state index in [2.05, 4.69) is 18.3 Å². The van der Waals surface area contributed by atoms with E-state index in [-0.39, 0.29) is 0 Å². The molecule has 0 aromatic rings. The normalized spacial score (nSPS) is 11.0. The summed E-state index contributed by atoms with van der Waals surface area (Å²) in [4.78, 5) is 9.63. The van der Waals surface area contributed by atoms with Gasteiger partial charge in [0.1, 0.15) is 0 Å². The Morgan fingerprint density at radius 1 is 1.45 bits per heavy atom. The maximum Gasteiger partial charge on any atom is 0.313 e. The van der Waals surface area contributed by atoms with Crippen molar-refractivity contribution < 1.29 is 4.79 Å². The van der Waals surface area contributed by atoms with E-state index in [0.29, 0.717) is 0 Å². The van der Waals surface area contributed by atoms with Crippen molar-refractivity contribution in [3.05, 3.63) is 24.4 Å². The molecule has 1 amide bonds. The number of allylic oxidation sites excluding steroid dienone is 3. The number of carbonyl (C=O) groups excluding carboxylic acids is 1. The van der Waals surface area contributed by atoms with Gasteiger partial charge in [-0.05, 0) is 12.5 Å². The first-order valence-electron chi connectivity index (χ1n) is 3.86. The van der Waals surface area contributed by atoms with Crippen LogP contribution in [-0.2, 0) is 4.79 Å². The lowest BCUT2D eigenvalue weighted by Crippen LogP contribution is -1.97. The minimum Gasteiger partial charge on any atom is -0.324 e. The Bertz CT molecular complexity index is 138. The van der Waals surface area contributed by atoms with Gasteiger partial charge in [0.2, 0.25) is 0 Å². The van der Waals surface area contributed by atoms with Crippen LogP contribution in [0.5, 0.6) is 0 Å². The van der Waals surface area contributed by atoms with Crippen LogP contribution in [0.2, 0.25) is 0 Å². The third-order valence-corrected chi connectivity index (χ3v) is 1.21. The Hall–Kier alpha value is -1.05. The average molecular weight is 152 g/mol. The summed E-state index contributed by atoms with van der Waals surface area (Å²) >= 11 is 0. The van der Waals surface area contributed by atoms with Crippen molar-refractivity contribution >= 4 is 6.41 Å². The minimum atomic E-state index is 1.10. The van der Waals surface area contributed by atoms with Crippen LogP contribution in [0.25, 0.3) is 0 Å². The molecule has 0 aliphatic rings. The average Bonchev–Trinajstić information content (AvgIpc) is 2.03. The molecule has 0 aromatic carbocycles. The van der Waals surface area contributed by atoms with Gasteiger partial charge in [0, 0.05) is 6.20 Å². The summed E-state index contributed by atoms with van der Waals surface area (Å²) in [5.41, 5.74) is 0. The summed E-state index contributed by atoms with van der Waals surface area (Å²) in [6.45, 7) is 2.16. The highest BCUT2D eigenvalue weighted by Crippen LogP contribution is 1.94. The smallest absolute Gasteiger partial charge is 0.313 e. The summed E-state index contributed by atoms with van der Waals surface area (Å²) in [6.07, 6.45) is 12.4. The number of nitrogens with one attached hydrogen (secondary N) is 1. The van der Waals surface area contributed by atoms with Crippen LogP contribution in [0.3, 0.4) is 0 Å². The van der Waals surface area contributed by atoms with Gasteiger partial charge in [-0.3, -0.25) is 4.79 Å². The summed E-state index contributed by atoms with van der Waals surface area (Å²) in [5, 5.41) is 2.30. The molecule has 0 fully saturated rings. The molecule has 0 aliphatic carbocycles. The Kier molecular flexibility index (Phi) is 8.10. The lowest BCUT2D eigenvalue weighted by atomic mass is 10.2. The van der Waals surface area contributed by atoms with Gasteiger partial charge in [-0.2, -0.15) is 0 Å². The topological polar surface area (TPSA) is 29.1 Å². The molecule has 0 bridgehead atoms. The first kappa shape index (κ1) is 9.95. The molecule has 2 heteroatoms. The van der Waals surface area contributed by atoms with Crippen molar-refractivity contribution in [1.82, 2.24) is 5.32 Å². The van der Waals surface area contributed by atoms with E-state index in [0.717, 1.165) is 6.42 Å². The van der Waals surface area contributed by atoms with Crippen LogP contribution >= 0.6 is 0 Å². The molecule has 0 heterocycles. The first-order chi connectivity index (χ1) is 5.41. The molecule has 0 saturated carbocycles. The molecule has 2 nitrogen and oxygen atoms in total. The van der Waals surface area contributed by atoms with Crippen LogP contribution in [0.4, 0.5) is 0 Å². The van der Waals surface area contributed by atoms with Gasteiger partial charge in [0.15, 0.2) is 0 Å². The zero-order valence-electron chi connectivity index (χ0n) is 6.84. The standard InChI is InChI=1S/C9H14NO/c1-2-3-4-5-6-7-8-10-9-11/h5-8H,2-4H2,1H3,(H,10,11). The molecule has 11 heavy (non-hydrogen) atoms. The van der Waals surface area contributed by atoms with Gasteiger partial charge < -0.3 is 5.32 Å². The van der Waals surface area contributed by atoms with Crippen molar-refractivity contribution in [1.29, 1.82) is 0 Å². The second-order valence-corrected chi connectivity index (χ2v) is 2.18. The van der Waals surface area contributed by atoms with Gasteiger partial charge in [-0.1, -0.05) is 31.9 Å². The number of hydrogen-bond acceptors (Lipinski definition) is 1. The minimum absolute atomic E-state index is 1.10. The van der Waals surface area contributed by atoms with Gasteiger partial charge in [-0.15, -0.1) is 0 Å². The molecule has 0 aromatic heterocycles. The summed E-state index contributed by atoms with van der Waals surface area (Å²) in [6, 6.07) is 0. The third-order valence-electron chi connectivity index (χ3n) is 1.21. The maximum absolute atomic E-state index is 9.63. The highest BCUT2D eigenvalue weighted by molar-refractivity contribution is 5.48. The second-order valence-electron chi connectivity index (χ2n) is 2.18. The van der Waals surface area contributed by atoms with Crippen LogP contribution in [0.15, 0.2) is 24.4 Å². The molecule has 1 radical (unpaired) electrons. The van der Waals surface area contributed by atoms with E-state index in [1.807, 2.05) is 6.08 Å². The highest BCUT2D eigenvalue weighted by atomic mass is 16.1. The summed E-state index contributed by atoms with van der Waals surface area (Å²) < 4.78 is 0. The Morgan fingerprint density at radius 2 is 2.27 bits per heavy atom. The predicted octanol–water partition coefficient (Wildman–Crippen LogP) is 1.90. The van der Waals surface area contributed by atoms with Crippen LogP contribution in [0, 0.1) is 0 Å². The molecule has 0 atom stereocenters. The molecule has 0 saturated heterocycles. The van der Waals surface area contributed by atoms with E-state index in [1.54, 1.807) is 18.7 Å². The van der Waals surface area contributed by atoms with Gasteiger partial charge in [0.25, 0.3) is 0 Å². The maximum atomic E-state index is 9.63. The van der Waals surface area contributed by atoms with Gasteiger partial charge in [-0.25, -0.2) is 0 Å². The van der Waals surface area contributed by atoms with Gasteiger partial charge >= 0.3 is 6.41 Å². The highest BCUT2D eigenvalue weighted by Gasteiger charge is 1.74. The quantitative estimate of drug-likeness (QED) is 0.351. The third kappa shape index (κ3) is 8.95. The Labute approximate surface area is 68.0 Å². The predicted molar refractivity (Wildman–Crippen MR) is 46.6 cm³/mol. The number of hydrogen-bond donors (Lipinski definition) is 1. The van der Waals surface area contributed by atoms with Crippen molar-refractivity contribution in [3.8, 4) is 0 Å². The van der Waals surface area contributed by atoms with E-state index in [4.69, 9.17) is 0 Å². The monoisotopic (exact) mass is 152 g/mol. The number of amides is 1. The van der Waals surface area contributed by atoms with Crippen molar-refractivity contribution in [3.63, 3.8) is 0 Å². The molecule has 0 aliphatic heterocycles. The van der Waals surface area contributed by atoms with E-state index in [1.165, 1.54) is 12.8 Å². The SMILES string of the molecule is CCCCC=CC=CN[C]=O. The molecular formula is C9H14NO. The Balaban J connectivity index is 3.21. The fourth-order valence-corrected chi connectivity index (χ4v) is 0.634. The summed E-state index contributed by atoms with van der Waals surface area (Å²) in [7, 11) is 0. The molecule has 0 rings (SSSR count). The summed E-state index contributed by atoms with van der Waals surface area (Å²) in [5.74, 6) is 0. The lowest BCUT2D eigenvalue weighted by molar-refractivity contribution is 0.550. The molecule has 0 unspecified atom stereocenters. The lowest BCUT2D eigenvalue weighted by Gasteiger charge is -1.85. The van der Waals surface area contributed by atoms with E-state index >= 15 is 0 Å². The van der Waals surface area contributed by atoms with Crippen LogP contribution in [-0.4, -0.2) is 6.41 Å². The van der Waals surface area contributed by atoms with Gasteiger partial charge in [0.05, 0.1) is 0 Å². The zero-order valence-corrected chi connectivity index (χ0v) is 6.84. The molecule has 61 valence electrons. The van der Waals surface area contributed by atoms with E-state index in [9.17, 15) is 4.79 Å². The number of rotatable bonds is 6. The fraction of sp³-hybridized carbons (Fsp3) is 0.444. The van der Waals surface area contributed by atoms with E-state index < -0.39 is 0 Å². The molecular weight excluding hydrogens is 138 g/mol. The van der Waals surface area contributed by atoms with Crippen LogP contribution in [0.1, 0.15) is 26.2 Å². The van der Waals surface area contributed by atoms with Crippen molar-refractivity contribution in [2.75, 3.05) is 0 Å². The molecule has 0 spiro atoms.